The molecule has 1 N–H and O–H groups in total. The van der Waals surface area contributed by atoms with Crippen LogP contribution in [0.15, 0.2) is 30.3 Å². The number of amides is 1. The molecule has 2 aromatic rings. The molecule has 0 aromatic heterocycles. The summed E-state index contributed by atoms with van der Waals surface area (Å²) in [7, 11) is 5.03. The largest absolute Gasteiger partial charge is 0.495 e. The minimum Gasteiger partial charge on any atom is -0.495 e. The van der Waals surface area contributed by atoms with Crippen molar-refractivity contribution >= 4 is 23.2 Å². The molecule has 1 amide bonds. The lowest BCUT2D eigenvalue weighted by molar-refractivity contribution is -0.0169. The second-order valence-electron chi connectivity index (χ2n) is 6.13. The first-order valence-electron chi connectivity index (χ1n) is 8.15. The Kier molecular flexibility index (Phi) is 5.54. The molecule has 3 rings (SSSR count). The van der Waals surface area contributed by atoms with Gasteiger partial charge in [0.15, 0.2) is 6.79 Å². The average Bonchev–Trinajstić information content (AvgIpc) is 2.65. The summed E-state index contributed by atoms with van der Waals surface area (Å²) in [6.07, 6.45) is 0. The molecule has 1 heterocycles. The van der Waals surface area contributed by atoms with Crippen LogP contribution in [0.1, 0.15) is 21.5 Å². The minimum atomic E-state index is -0.0729. The lowest BCUT2D eigenvalue weighted by Crippen LogP contribution is -2.21. The Labute approximate surface area is 157 Å². The third-order valence-electron chi connectivity index (χ3n) is 4.07. The Morgan fingerprint density at radius 2 is 2.12 bits per heavy atom. The molecular weight excluding hydrogens is 356 g/mol. The zero-order chi connectivity index (χ0) is 18.7. The number of hydrogen-bond acceptors (Lipinski definition) is 5. The van der Waals surface area contributed by atoms with Crippen LogP contribution >= 0.6 is 11.6 Å². The van der Waals surface area contributed by atoms with Gasteiger partial charge in [0.2, 0.25) is 0 Å². The van der Waals surface area contributed by atoms with Crippen molar-refractivity contribution in [2.24, 2.45) is 0 Å². The highest BCUT2D eigenvalue weighted by Gasteiger charge is 2.17. The number of benzene rings is 2. The molecule has 138 valence electrons. The first kappa shape index (κ1) is 18.4. The first-order valence-corrected chi connectivity index (χ1v) is 8.53. The Bertz CT molecular complexity index is 823. The van der Waals surface area contributed by atoms with Gasteiger partial charge in [0, 0.05) is 42.4 Å². The predicted molar refractivity (Wildman–Crippen MR) is 100 cm³/mol. The summed E-state index contributed by atoms with van der Waals surface area (Å²) in [6.45, 7) is 1.16. The number of fused-ring (bicyclic) bond motifs is 1. The third-order valence-corrected chi connectivity index (χ3v) is 4.29. The van der Waals surface area contributed by atoms with Gasteiger partial charge in [-0.05, 0) is 30.3 Å². The molecule has 26 heavy (non-hydrogen) atoms. The fraction of sp³-hybridized carbons (Fsp3) is 0.316. The fourth-order valence-electron chi connectivity index (χ4n) is 2.82. The molecule has 0 saturated carbocycles. The fourth-order valence-corrected chi connectivity index (χ4v) is 3.08. The number of nitrogens with zero attached hydrogens (tertiary/aromatic N) is 1. The van der Waals surface area contributed by atoms with Crippen molar-refractivity contribution in [2.75, 3.05) is 33.3 Å². The molecule has 1 aliphatic heterocycles. The van der Waals surface area contributed by atoms with Gasteiger partial charge >= 0.3 is 0 Å². The number of carbonyl (C=O) groups excluding carboxylic acids is 1. The normalized spacial score (nSPS) is 12.8. The summed E-state index contributed by atoms with van der Waals surface area (Å²) in [5.74, 6) is 1.37. The van der Waals surface area contributed by atoms with E-state index in [9.17, 15) is 4.79 Å². The van der Waals surface area contributed by atoms with Gasteiger partial charge in [0.1, 0.15) is 11.5 Å². The Balaban J connectivity index is 1.86. The lowest BCUT2D eigenvalue weighted by Gasteiger charge is -2.22. The summed E-state index contributed by atoms with van der Waals surface area (Å²) in [4.78, 5) is 13.7. The van der Waals surface area contributed by atoms with Gasteiger partial charge in [0.05, 0.1) is 19.4 Å². The lowest BCUT2D eigenvalue weighted by atomic mass is 10.1. The monoisotopic (exact) mass is 376 g/mol. The van der Waals surface area contributed by atoms with Crippen molar-refractivity contribution in [1.82, 2.24) is 4.90 Å². The van der Waals surface area contributed by atoms with Crippen LogP contribution in [0.25, 0.3) is 0 Å². The average molecular weight is 377 g/mol. The third kappa shape index (κ3) is 3.86. The smallest absolute Gasteiger partial charge is 0.253 e. The number of halogens is 1. The molecule has 0 spiro atoms. The second kappa shape index (κ2) is 7.85. The molecule has 0 radical (unpaired) electrons. The quantitative estimate of drug-likeness (QED) is 0.865. The number of rotatable bonds is 5. The maximum Gasteiger partial charge on any atom is 0.253 e. The number of anilines is 1. The van der Waals surface area contributed by atoms with Crippen LogP contribution in [0.5, 0.6) is 11.5 Å². The molecule has 7 heteroatoms. The molecule has 0 atom stereocenters. The number of methoxy groups -OCH3 is 1. The van der Waals surface area contributed by atoms with Crippen molar-refractivity contribution in [2.45, 2.75) is 13.2 Å². The van der Waals surface area contributed by atoms with E-state index in [4.69, 9.17) is 25.8 Å². The molecule has 0 fully saturated rings. The zero-order valence-electron chi connectivity index (χ0n) is 15.0. The zero-order valence-corrected chi connectivity index (χ0v) is 15.7. The summed E-state index contributed by atoms with van der Waals surface area (Å²) < 4.78 is 16.3. The minimum absolute atomic E-state index is 0.0729. The van der Waals surface area contributed by atoms with Crippen LogP contribution in [0.2, 0.25) is 5.02 Å². The van der Waals surface area contributed by atoms with Crippen molar-refractivity contribution in [1.29, 1.82) is 0 Å². The summed E-state index contributed by atoms with van der Waals surface area (Å²) in [6, 6.07) is 9.00. The van der Waals surface area contributed by atoms with E-state index in [1.165, 1.54) is 4.90 Å². The van der Waals surface area contributed by atoms with Gasteiger partial charge in [-0.1, -0.05) is 11.6 Å². The molecule has 0 bridgehead atoms. The first-order chi connectivity index (χ1) is 12.5. The molecule has 0 saturated heterocycles. The summed E-state index contributed by atoms with van der Waals surface area (Å²) in [5, 5.41) is 3.94. The van der Waals surface area contributed by atoms with Gasteiger partial charge < -0.3 is 24.4 Å². The van der Waals surface area contributed by atoms with E-state index in [0.717, 1.165) is 22.6 Å². The highest BCUT2D eigenvalue weighted by molar-refractivity contribution is 6.30. The van der Waals surface area contributed by atoms with Crippen molar-refractivity contribution in [3.05, 3.63) is 52.0 Å². The Morgan fingerprint density at radius 3 is 2.85 bits per heavy atom. The van der Waals surface area contributed by atoms with Crippen LogP contribution in [0.4, 0.5) is 5.69 Å². The van der Waals surface area contributed by atoms with E-state index in [-0.39, 0.29) is 12.7 Å². The molecule has 6 nitrogen and oxygen atoms in total. The van der Waals surface area contributed by atoms with Crippen molar-refractivity contribution in [3.63, 3.8) is 0 Å². The van der Waals surface area contributed by atoms with E-state index in [1.54, 1.807) is 39.4 Å². The van der Waals surface area contributed by atoms with Crippen LogP contribution in [0.3, 0.4) is 0 Å². The van der Waals surface area contributed by atoms with Gasteiger partial charge in [-0.3, -0.25) is 4.79 Å². The van der Waals surface area contributed by atoms with E-state index < -0.39 is 0 Å². The standard InChI is InChI=1S/C19H21ClN2O4/c1-22(2)19(23)12-4-5-17(24-3)16(8-12)21-9-13-6-15(20)7-14-10-25-11-26-18(13)14/h4-8,21H,9-11H2,1-3H3. The van der Waals surface area contributed by atoms with E-state index in [0.29, 0.717) is 29.5 Å². The topological polar surface area (TPSA) is 60.0 Å². The Hall–Kier alpha value is -2.44. The second-order valence-corrected chi connectivity index (χ2v) is 6.57. The van der Waals surface area contributed by atoms with E-state index in [2.05, 4.69) is 5.32 Å². The van der Waals surface area contributed by atoms with Crippen LogP contribution < -0.4 is 14.8 Å². The van der Waals surface area contributed by atoms with Crippen molar-refractivity contribution < 1.29 is 19.0 Å². The number of nitrogens with one attached hydrogen (secondary N) is 1. The van der Waals surface area contributed by atoms with Crippen LogP contribution in [0, 0.1) is 0 Å². The van der Waals surface area contributed by atoms with Gasteiger partial charge in [-0.2, -0.15) is 0 Å². The molecule has 1 aliphatic rings. The highest BCUT2D eigenvalue weighted by atomic mass is 35.5. The molecule has 0 unspecified atom stereocenters. The number of hydrogen-bond donors (Lipinski definition) is 1. The highest BCUT2D eigenvalue weighted by Crippen LogP contribution is 2.33. The summed E-state index contributed by atoms with van der Waals surface area (Å²) >= 11 is 6.21. The number of carbonyl (C=O) groups is 1. The molecular formula is C19H21ClN2O4. The SMILES string of the molecule is COc1ccc(C(=O)N(C)C)cc1NCc1cc(Cl)cc2c1OCOC2. The van der Waals surface area contributed by atoms with Gasteiger partial charge in [-0.15, -0.1) is 0 Å². The van der Waals surface area contributed by atoms with E-state index in [1.807, 2.05) is 12.1 Å². The predicted octanol–water partition coefficient (Wildman–Crippen LogP) is 3.53. The van der Waals surface area contributed by atoms with Crippen LogP contribution in [-0.2, 0) is 17.9 Å². The van der Waals surface area contributed by atoms with Crippen molar-refractivity contribution in [3.8, 4) is 11.5 Å². The summed E-state index contributed by atoms with van der Waals surface area (Å²) in [5.41, 5.74) is 3.14. The molecule has 0 aliphatic carbocycles. The van der Waals surface area contributed by atoms with Crippen LogP contribution in [-0.4, -0.2) is 38.8 Å². The van der Waals surface area contributed by atoms with E-state index >= 15 is 0 Å². The maximum absolute atomic E-state index is 12.2. The Morgan fingerprint density at radius 1 is 1.31 bits per heavy atom. The molecule has 2 aromatic carbocycles. The van der Waals surface area contributed by atoms with Gasteiger partial charge in [-0.25, -0.2) is 0 Å². The number of ether oxygens (including phenoxy) is 3. The van der Waals surface area contributed by atoms with Gasteiger partial charge in [0.25, 0.3) is 5.91 Å². The maximum atomic E-state index is 12.2.